The normalized spacial score (nSPS) is 23.8. The Hall–Kier alpha value is -1.76. The molecule has 42 heavy (non-hydrogen) atoms. The maximum Gasteiger partial charge on any atom is 0.246 e. The Labute approximate surface area is 253 Å². The molecule has 10 nitrogen and oxygen atoms in total. The molecule has 3 aliphatic rings. The average Bonchev–Trinajstić information content (AvgIpc) is 2.96. The maximum absolute atomic E-state index is 13.2. The average molecular weight is 608 g/mol. The zero-order valence-electron chi connectivity index (χ0n) is 26.4. The summed E-state index contributed by atoms with van der Waals surface area (Å²) in [5.41, 5.74) is 1.28. The van der Waals surface area contributed by atoms with Gasteiger partial charge in [-0.1, -0.05) is 0 Å². The molecule has 1 aromatic rings. The maximum atomic E-state index is 13.2. The minimum atomic E-state index is -3.69. The number of sulfonamides is 1. The SMILES string of the molecule is COc1cc(C)c(S(=O)(=O)N(C)CCOCC(=O)N[C@H]2CC[C@@H](N3CCC(CN4CCN(C)CC4)CC3)CC2)c(C)c1. The number of carbonyl (C=O) groups is 1. The fourth-order valence-corrected chi connectivity index (χ4v) is 8.38. The Balaban J connectivity index is 1.10. The van der Waals surface area contributed by atoms with Crippen molar-refractivity contribution in [3.05, 3.63) is 23.3 Å². The van der Waals surface area contributed by atoms with Gasteiger partial charge in [-0.15, -0.1) is 0 Å². The van der Waals surface area contributed by atoms with Crippen molar-refractivity contribution >= 4 is 15.9 Å². The number of likely N-dealkylation sites (tertiary alicyclic amines) is 1. The number of nitrogens with zero attached hydrogens (tertiary/aromatic N) is 4. The van der Waals surface area contributed by atoms with Crippen LogP contribution >= 0.6 is 0 Å². The van der Waals surface area contributed by atoms with E-state index in [1.807, 2.05) is 0 Å². The van der Waals surface area contributed by atoms with Crippen LogP contribution in [0.5, 0.6) is 5.75 Å². The molecule has 0 spiro atoms. The van der Waals surface area contributed by atoms with E-state index in [2.05, 4.69) is 27.1 Å². The number of rotatable bonds is 12. The largest absolute Gasteiger partial charge is 0.497 e. The lowest BCUT2D eigenvalue weighted by Gasteiger charge is -2.42. The van der Waals surface area contributed by atoms with Gasteiger partial charge in [-0.25, -0.2) is 8.42 Å². The van der Waals surface area contributed by atoms with Crippen molar-refractivity contribution in [1.82, 2.24) is 24.3 Å². The van der Waals surface area contributed by atoms with Crippen LogP contribution in [0.25, 0.3) is 0 Å². The van der Waals surface area contributed by atoms with E-state index in [9.17, 15) is 13.2 Å². The van der Waals surface area contributed by atoms with Crippen molar-refractivity contribution in [2.45, 2.75) is 69.4 Å². The van der Waals surface area contributed by atoms with Gasteiger partial charge in [0.05, 0.1) is 18.6 Å². The number of hydrogen-bond donors (Lipinski definition) is 1. The van der Waals surface area contributed by atoms with Crippen LogP contribution < -0.4 is 10.1 Å². The number of piperazine rings is 1. The summed E-state index contributed by atoms with van der Waals surface area (Å²) >= 11 is 0. The number of nitrogens with one attached hydrogen (secondary N) is 1. The molecule has 0 aromatic heterocycles. The van der Waals surface area contributed by atoms with Gasteiger partial charge in [-0.2, -0.15) is 4.31 Å². The highest BCUT2D eigenvalue weighted by atomic mass is 32.2. The molecule has 3 fully saturated rings. The van der Waals surface area contributed by atoms with E-state index in [0.29, 0.717) is 22.9 Å². The van der Waals surface area contributed by atoms with Crippen LogP contribution in [0.3, 0.4) is 0 Å². The topological polar surface area (TPSA) is 94.7 Å². The van der Waals surface area contributed by atoms with Gasteiger partial charge in [0.2, 0.25) is 15.9 Å². The Bertz CT molecular complexity index is 1100. The predicted octanol–water partition coefficient (Wildman–Crippen LogP) is 2.34. The molecule has 2 saturated heterocycles. The van der Waals surface area contributed by atoms with Crippen LogP contribution in [0.2, 0.25) is 0 Å². The first-order chi connectivity index (χ1) is 20.1. The van der Waals surface area contributed by atoms with E-state index in [4.69, 9.17) is 9.47 Å². The fourth-order valence-electron chi connectivity index (χ4n) is 6.82. The summed E-state index contributed by atoms with van der Waals surface area (Å²) in [6, 6.07) is 4.27. The highest BCUT2D eigenvalue weighted by Gasteiger charge is 2.31. The van der Waals surface area contributed by atoms with Gasteiger partial charge in [0.15, 0.2) is 0 Å². The number of ether oxygens (including phenoxy) is 2. The number of methoxy groups -OCH3 is 1. The van der Waals surface area contributed by atoms with E-state index in [0.717, 1.165) is 31.6 Å². The highest BCUT2D eigenvalue weighted by Crippen LogP contribution is 2.29. The summed E-state index contributed by atoms with van der Waals surface area (Å²) in [4.78, 5) is 20.6. The van der Waals surface area contributed by atoms with Gasteiger partial charge in [0, 0.05) is 58.4 Å². The standard InChI is InChI=1S/C31H53N5O5S/c1-24-20-29(40-5)21-25(2)31(24)42(38,39)34(4)18-19-41-23-30(37)32-27-6-8-28(9-7-27)36-12-10-26(11-13-36)22-35-16-14-33(3)15-17-35/h20-21,26-28H,6-19,22-23H2,1-5H3,(H,32,37)/t27-,28+. The number of amides is 1. The zero-order valence-corrected chi connectivity index (χ0v) is 27.3. The first kappa shape index (κ1) is 33.1. The molecule has 1 aromatic carbocycles. The Morgan fingerprint density at radius 3 is 2.19 bits per heavy atom. The summed E-state index contributed by atoms with van der Waals surface area (Å²) < 4.78 is 38.4. The van der Waals surface area contributed by atoms with Crippen molar-refractivity contribution < 1.29 is 22.7 Å². The van der Waals surface area contributed by atoms with Crippen molar-refractivity contribution in [2.75, 3.05) is 86.8 Å². The molecule has 0 unspecified atom stereocenters. The van der Waals surface area contributed by atoms with Crippen LogP contribution in [0.1, 0.15) is 49.7 Å². The Kier molecular flexibility index (Phi) is 12.1. The molecule has 4 rings (SSSR count). The molecule has 1 saturated carbocycles. The first-order valence-electron chi connectivity index (χ1n) is 15.7. The van der Waals surface area contributed by atoms with Crippen molar-refractivity contribution in [3.8, 4) is 5.75 Å². The summed E-state index contributed by atoms with van der Waals surface area (Å²) in [6.07, 6.45) is 6.86. The molecule has 11 heteroatoms. The second kappa shape index (κ2) is 15.3. The molecule has 0 radical (unpaired) electrons. The quantitative estimate of drug-likeness (QED) is 0.362. The van der Waals surface area contributed by atoms with Gasteiger partial charge in [0.1, 0.15) is 12.4 Å². The highest BCUT2D eigenvalue weighted by molar-refractivity contribution is 7.89. The van der Waals surface area contributed by atoms with Crippen LogP contribution in [-0.4, -0.2) is 132 Å². The monoisotopic (exact) mass is 607 g/mol. The van der Waals surface area contributed by atoms with E-state index < -0.39 is 10.0 Å². The Morgan fingerprint density at radius 2 is 1.60 bits per heavy atom. The van der Waals surface area contributed by atoms with Gasteiger partial charge >= 0.3 is 0 Å². The van der Waals surface area contributed by atoms with Crippen LogP contribution in [0, 0.1) is 19.8 Å². The molecular formula is C31H53N5O5S. The van der Waals surface area contributed by atoms with E-state index in [-0.39, 0.29) is 36.6 Å². The number of carbonyl (C=O) groups excluding carboxylic acids is 1. The Morgan fingerprint density at radius 1 is 0.976 bits per heavy atom. The molecule has 0 bridgehead atoms. The lowest BCUT2D eigenvalue weighted by molar-refractivity contribution is -0.126. The molecule has 1 N–H and O–H groups in total. The second-order valence-corrected chi connectivity index (χ2v) is 14.6. The van der Waals surface area contributed by atoms with Gasteiger partial charge in [0.25, 0.3) is 0 Å². The molecule has 238 valence electrons. The number of hydrogen-bond acceptors (Lipinski definition) is 8. The number of benzene rings is 1. The predicted molar refractivity (Wildman–Crippen MR) is 166 cm³/mol. The number of piperidine rings is 1. The van der Waals surface area contributed by atoms with Gasteiger partial charge in [-0.05, 0) is 102 Å². The molecule has 2 heterocycles. The second-order valence-electron chi connectivity index (χ2n) is 12.6. The summed E-state index contributed by atoms with van der Waals surface area (Å²) in [6.45, 7) is 12.3. The molecule has 2 aliphatic heterocycles. The number of aryl methyl sites for hydroxylation is 2. The van der Waals surface area contributed by atoms with E-state index in [1.54, 1.807) is 33.1 Å². The van der Waals surface area contributed by atoms with Crippen molar-refractivity contribution in [3.63, 3.8) is 0 Å². The third kappa shape index (κ3) is 8.89. The minimum Gasteiger partial charge on any atom is -0.497 e. The number of likely N-dealkylation sites (N-methyl/N-ethyl adjacent to an activating group) is 2. The smallest absolute Gasteiger partial charge is 0.246 e. The van der Waals surface area contributed by atoms with E-state index >= 15 is 0 Å². The minimum absolute atomic E-state index is 0.0603. The molecule has 1 amide bonds. The summed E-state index contributed by atoms with van der Waals surface area (Å²) in [7, 11) is 1.63. The third-order valence-corrected chi connectivity index (χ3v) is 11.6. The fraction of sp³-hybridized carbons (Fsp3) is 0.774. The van der Waals surface area contributed by atoms with Crippen LogP contribution in [0.15, 0.2) is 17.0 Å². The van der Waals surface area contributed by atoms with Crippen molar-refractivity contribution in [1.29, 1.82) is 0 Å². The molecule has 0 atom stereocenters. The lowest BCUT2D eigenvalue weighted by Crippen LogP contribution is -2.49. The molecular weight excluding hydrogens is 554 g/mol. The van der Waals surface area contributed by atoms with Crippen molar-refractivity contribution in [2.24, 2.45) is 5.92 Å². The zero-order chi connectivity index (χ0) is 30.3. The van der Waals surface area contributed by atoms with Crippen LogP contribution in [-0.2, 0) is 19.6 Å². The summed E-state index contributed by atoms with van der Waals surface area (Å²) in [5.74, 6) is 1.33. The van der Waals surface area contributed by atoms with Gasteiger partial charge < -0.3 is 29.5 Å². The summed E-state index contributed by atoms with van der Waals surface area (Å²) in [5, 5.41) is 3.13. The molecule has 1 aliphatic carbocycles. The van der Waals surface area contributed by atoms with Gasteiger partial charge in [-0.3, -0.25) is 4.79 Å². The van der Waals surface area contributed by atoms with E-state index in [1.165, 1.54) is 70.0 Å². The van der Waals surface area contributed by atoms with Crippen LogP contribution in [0.4, 0.5) is 0 Å². The first-order valence-corrected chi connectivity index (χ1v) is 17.1. The lowest BCUT2D eigenvalue weighted by atomic mass is 9.87. The third-order valence-electron chi connectivity index (χ3n) is 9.46.